The van der Waals surface area contributed by atoms with Gasteiger partial charge >= 0.3 is 0 Å². The fourth-order valence-corrected chi connectivity index (χ4v) is 0. The van der Waals surface area contributed by atoms with Crippen molar-refractivity contribution in [2.24, 2.45) is 0 Å². The summed E-state index contributed by atoms with van der Waals surface area (Å²) in [4.78, 5) is 0. The summed E-state index contributed by atoms with van der Waals surface area (Å²) < 4.78 is 0. The smallest absolute Gasteiger partial charge is 0 e. The fourth-order valence-electron chi connectivity index (χ4n) is 0. The zero-order valence-corrected chi connectivity index (χ0v) is 8.57. The predicted molar refractivity (Wildman–Crippen MR) is 5.75 cm³/mol. The normalized spacial score (nSPS) is 0. The van der Waals surface area contributed by atoms with E-state index in [9.17, 15) is 0 Å². The molecule has 0 aliphatic carbocycles. The molecule has 0 atom stereocenters. The van der Waals surface area contributed by atoms with Crippen LogP contribution in [0, 0.1) is 35.6 Å². The van der Waals surface area contributed by atoms with Crippen molar-refractivity contribution in [2.75, 3.05) is 0 Å². The molecule has 0 saturated carbocycles. The molecule has 4 heavy (non-hydrogen) atoms. The van der Waals surface area contributed by atoms with Gasteiger partial charge < -0.3 is 0 Å². The molecule has 0 spiro atoms. The molecule has 0 amide bonds. The SMILES string of the molecule is [B].[Co].[La].[Mo]. The van der Waals surface area contributed by atoms with Crippen LogP contribution in [0.4, 0.5) is 0 Å². The van der Waals surface area contributed by atoms with Crippen LogP contribution in [-0.2, 0) is 37.8 Å². The Bertz CT molecular complexity index is 8.00. The number of hydrogen-bond acceptors (Lipinski definition) is 0. The molecule has 0 unspecified atom stereocenters. The molecule has 0 rings (SSSR count). The van der Waals surface area contributed by atoms with Gasteiger partial charge in [-0.25, -0.2) is 0 Å². The van der Waals surface area contributed by atoms with Crippen LogP contribution in [0.1, 0.15) is 0 Å². The Labute approximate surface area is 80.5 Å². The molecular weight excluding hydrogens is 305 g/mol. The van der Waals surface area contributed by atoms with Crippen LogP contribution < -0.4 is 0 Å². The summed E-state index contributed by atoms with van der Waals surface area (Å²) in [7, 11) is 0. The first kappa shape index (κ1) is 31.9. The van der Waals surface area contributed by atoms with Crippen molar-refractivity contribution in [3.8, 4) is 0 Å². The molecular formula is BCoLaMo. The maximum absolute atomic E-state index is 0. The van der Waals surface area contributed by atoms with Crippen molar-refractivity contribution in [3.05, 3.63) is 0 Å². The van der Waals surface area contributed by atoms with E-state index in [-0.39, 0.29) is 81.9 Å². The summed E-state index contributed by atoms with van der Waals surface area (Å²) in [6.45, 7) is 0. The molecule has 4 heteroatoms. The van der Waals surface area contributed by atoms with Crippen LogP contribution in [0.25, 0.3) is 0 Å². The first-order valence-electron chi connectivity index (χ1n) is 0. The molecule has 0 bridgehead atoms. The fraction of sp³-hybridized carbons (Fsp3) is 0. The summed E-state index contributed by atoms with van der Waals surface area (Å²) in [5.74, 6) is 0. The summed E-state index contributed by atoms with van der Waals surface area (Å²) in [6, 6.07) is 0. The van der Waals surface area contributed by atoms with Crippen LogP contribution in [0.15, 0.2) is 0 Å². The van der Waals surface area contributed by atoms with E-state index in [1.807, 2.05) is 0 Å². The average molecular weight is 305 g/mol. The van der Waals surface area contributed by atoms with Crippen LogP contribution in [0.3, 0.4) is 0 Å². The molecule has 5 radical (unpaired) electrons. The summed E-state index contributed by atoms with van der Waals surface area (Å²) in [5, 5.41) is 0. The van der Waals surface area contributed by atoms with E-state index >= 15 is 0 Å². The van der Waals surface area contributed by atoms with Crippen molar-refractivity contribution in [1.82, 2.24) is 0 Å². The van der Waals surface area contributed by atoms with Crippen LogP contribution in [0.5, 0.6) is 0 Å². The molecule has 0 aromatic rings. The van der Waals surface area contributed by atoms with Crippen molar-refractivity contribution in [3.63, 3.8) is 0 Å². The Morgan fingerprint density at radius 3 is 1.00 bits per heavy atom. The second-order valence-electron chi connectivity index (χ2n) is 0. The van der Waals surface area contributed by atoms with Crippen LogP contribution in [-0.4, -0.2) is 8.41 Å². The second kappa shape index (κ2) is 18.0. The zero-order valence-electron chi connectivity index (χ0n) is 1.90. The minimum absolute atomic E-state index is 0. The van der Waals surface area contributed by atoms with Crippen LogP contribution >= 0.6 is 0 Å². The predicted octanol–water partition coefficient (Wildman–Crippen LogP) is -0.386. The first-order valence-corrected chi connectivity index (χ1v) is 0. The molecule has 0 aliphatic rings. The van der Waals surface area contributed by atoms with Crippen molar-refractivity contribution in [1.29, 1.82) is 0 Å². The minimum atomic E-state index is 0. The van der Waals surface area contributed by atoms with Crippen molar-refractivity contribution in [2.45, 2.75) is 0 Å². The van der Waals surface area contributed by atoms with E-state index in [0.717, 1.165) is 0 Å². The average Bonchev–Trinajstić information content (AvgIpc) is 0. The van der Waals surface area contributed by atoms with Gasteiger partial charge in [0.25, 0.3) is 0 Å². The van der Waals surface area contributed by atoms with E-state index in [1.165, 1.54) is 0 Å². The van der Waals surface area contributed by atoms with E-state index in [0.29, 0.717) is 0 Å². The number of hydrogen-bond donors (Lipinski definition) is 0. The monoisotopic (exact) mass is 307 g/mol. The molecule has 0 nitrogen and oxygen atoms in total. The molecule has 21 valence electrons. The van der Waals surface area contributed by atoms with E-state index < -0.39 is 0 Å². The summed E-state index contributed by atoms with van der Waals surface area (Å²) in [5.41, 5.74) is 0. The first-order chi connectivity index (χ1) is 0. The minimum Gasteiger partial charge on any atom is 0 e. The van der Waals surface area contributed by atoms with Gasteiger partial charge in [0.2, 0.25) is 0 Å². The van der Waals surface area contributed by atoms with Gasteiger partial charge in [-0.05, 0) is 0 Å². The Balaban J connectivity index is 0. The Morgan fingerprint density at radius 2 is 1.00 bits per heavy atom. The van der Waals surface area contributed by atoms with Crippen LogP contribution in [0.2, 0.25) is 0 Å². The third-order valence-corrected chi connectivity index (χ3v) is 0. The molecule has 0 aromatic carbocycles. The van der Waals surface area contributed by atoms with Gasteiger partial charge in [-0.2, -0.15) is 0 Å². The second-order valence-corrected chi connectivity index (χ2v) is 0. The Kier molecular flexibility index (Phi) is 143. The van der Waals surface area contributed by atoms with Gasteiger partial charge in [0, 0.05) is 81.9 Å². The van der Waals surface area contributed by atoms with Gasteiger partial charge in [-0.3, -0.25) is 0 Å². The Morgan fingerprint density at radius 1 is 1.00 bits per heavy atom. The molecule has 0 saturated heterocycles. The topological polar surface area (TPSA) is 0 Å². The van der Waals surface area contributed by atoms with E-state index in [1.54, 1.807) is 0 Å². The standard InChI is InChI=1S/B.Co.La.Mo. The Hall–Kier alpha value is 2.45. The van der Waals surface area contributed by atoms with Gasteiger partial charge in [0.05, 0.1) is 0 Å². The zero-order chi connectivity index (χ0) is 0. The molecule has 0 aliphatic heterocycles. The van der Waals surface area contributed by atoms with Crippen molar-refractivity contribution < 1.29 is 73.4 Å². The van der Waals surface area contributed by atoms with Gasteiger partial charge in [0.1, 0.15) is 0 Å². The molecule has 0 N–H and O–H groups in total. The van der Waals surface area contributed by atoms with Gasteiger partial charge in [0.15, 0.2) is 0 Å². The molecule has 0 aromatic heterocycles. The van der Waals surface area contributed by atoms with E-state index in [4.69, 9.17) is 0 Å². The summed E-state index contributed by atoms with van der Waals surface area (Å²) >= 11 is 0. The quantitative estimate of drug-likeness (QED) is 0.535. The molecule has 0 fully saturated rings. The van der Waals surface area contributed by atoms with Gasteiger partial charge in [-0.15, -0.1) is 0 Å². The largest absolute Gasteiger partial charge is 0 e. The summed E-state index contributed by atoms with van der Waals surface area (Å²) in [6.07, 6.45) is 0. The third-order valence-electron chi connectivity index (χ3n) is 0. The van der Waals surface area contributed by atoms with E-state index in [2.05, 4.69) is 0 Å². The van der Waals surface area contributed by atoms with Crippen molar-refractivity contribution >= 4 is 8.41 Å². The van der Waals surface area contributed by atoms with Gasteiger partial charge in [-0.1, -0.05) is 0 Å². The maximum Gasteiger partial charge on any atom is 0 e. The maximum atomic E-state index is 0. The molecule has 0 heterocycles. The third kappa shape index (κ3) is 8.82. The number of rotatable bonds is 0.